The highest BCUT2D eigenvalue weighted by molar-refractivity contribution is 9.10. The predicted octanol–water partition coefficient (Wildman–Crippen LogP) is 2.98. The van der Waals surface area contributed by atoms with Gasteiger partial charge >= 0.3 is 0 Å². The lowest BCUT2D eigenvalue weighted by Gasteiger charge is -2.33. The van der Waals surface area contributed by atoms with E-state index in [0.29, 0.717) is 0 Å². The van der Waals surface area contributed by atoms with Crippen LogP contribution in [0.4, 0.5) is 5.69 Å². The molecule has 2 nitrogen and oxygen atoms in total. The van der Waals surface area contributed by atoms with Crippen LogP contribution in [0.25, 0.3) is 0 Å². The third-order valence-electron chi connectivity index (χ3n) is 2.45. The topological polar surface area (TPSA) is 24.9 Å². The van der Waals surface area contributed by atoms with E-state index in [1.807, 2.05) is 6.20 Å². The zero-order valence-corrected chi connectivity index (χ0v) is 9.48. The molecule has 0 spiro atoms. The number of halogens is 1. The standard InChI is InChI=1S/C10H13BrN2/c1-10(2)4-3-7-5-9(11)12-6-8(7)13-10/h5-6,13H,3-4H2,1-2H3. The molecule has 0 aromatic carbocycles. The van der Waals surface area contributed by atoms with Crippen LogP contribution in [0, 0.1) is 0 Å². The van der Waals surface area contributed by atoms with Gasteiger partial charge in [0.25, 0.3) is 0 Å². The summed E-state index contributed by atoms with van der Waals surface area (Å²) in [7, 11) is 0. The Morgan fingerprint density at radius 3 is 3.08 bits per heavy atom. The number of aryl methyl sites for hydroxylation is 1. The summed E-state index contributed by atoms with van der Waals surface area (Å²) in [5.41, 5.74) is 2.75. The zero-order valence-electron chi connectivity index (χ0n) is 7.89. The molecule has 2 heterocycles. The lowest BCUT2D eigenvalue weighted by Crippen LogP contribution is -2.35. The SMILES string of the molecule is CC1(C)CCc2cc(Br)ncc2N1. The van der Waals surface area contributed by atoms with E-state index in [4.69, 9.17) is 0 Å². The van der Waals surface area contributed by atoms with Gasteiger partial charge in [-0.05, 0) is 54.2 Å². The molecule has 1 aliphatic rings. The number of anilines is 1. The fourth-order valence-electron chi connectivity index (χ4n) is 1.66. The molecule has 0 radical (unpaired) electrons. The highest BCUT2D eigenvalue weighted by Gasteiger charge is 2.23. The number of aromatic nitrogens is 1. The Morgan fingerprint density at radius 1 is 1.54 bits per heavy atom. The zero-order chi connectivity index (χ0) is 9.47. The van der Waals surface area contributed by atoms with Gasteiger partial charge in [0.2, 0.25) is 0 Å². The quantitative estimate of drug-likeness (QED) is 0.706. The Balaban J connectivity index is 2.37. The normalized spacial score (nSPS) is 19.0. The number of hydrogen-bond acceptors (Lipinski definition) is 2. The molecule has 13 heavy (non-hydrogen) atoms. The second kappa shape index (κ2) is 2.98. The van der Waals surface area contributed by atoms with Crippen LogP contribution in [0.2, 0.25) is 0 Å². The van der Waals surface area contributed by atoms with E-state index in [0.717, 1.165) is 11.0 Å². The lowest BCUT2D eigenvalue weighted by molar-refractivity contribution is 0.501. The number of hydrogen-bond donors (Lipinski definition) is 1. The first-order chi connectivity index (χ1) is 6.07. The summed E-state index contributed by atoms with van der Waals surface area (Å²) in [4.78, 5) is 4.21. The summed E-state index contributed by atoms with van der Waals surface area (Å²) < 4.78 is 0.924. The van der Waals surface area contributed by atoms with Gasteiger partial charge in [0.15, 0.2) is 0 Å². The first-order valence-electron chi connectivity index (χ1n) is 4.49. The molecule has 0 amide bonds. The van der Waals surface area contributed by atoms with Crippen LogP contribution in [0.1, 0.15) is 25.8 Å². The number of nitrogens with zero attached hydrogens (tertiary/aromatic N) is 1. The van der Waals surface area contributed by atoms with Gasteiger partial charge in [-0.15, -0.1) is 0 Å². The molecule has 0 aliphatic carbocycles. The Morgan fingerprint density at radius 2 is 2.31 bits per heavy atom. The lowest BCUT2D eigenvalue weighted by atomic mass is 9.90. The molecule has 2 rings (SSSR count). The maximum atomic E-state index is 4.21. The Labute approximate surface area is 86.9 Å². The van der Waals surface area contributed by atoms with E-state index in [1.54, 1.807) is 0 Å². The Kier molecular flexibility index (Phi) is 2.06. The van der Waals surface area contributed by atoms with Crippen LogP contribution in [0.5, 0.6) is 0 Å². The molecular weight excluding hydrogens is 228 g/mol. The van der Waals surface area contributed by atoms with E-state index in [2.05, 4.69) is 46.1 Å². The summed E-state index contributed by atoms with van der Waals surface area (Å²) >= 11 is 3.38. The molecule has 0 atom stereocenters. The molecule has 1 aromatic rings. The minimum Gasteiger partial charge on any atom is -0.379 e. The largest absolute Gasteiger partial charge is 0.379 e. The van der Waals surface area contributed by atoms with Crippen LogP contribution in [-0.4, -0.2) is 10.5 Å². The van der Waals surface area contributed by atoms with Gasteiger partial charge in [-0.25, -0.2) is 4.98 Å². The Hall–Kier alpha value is -0.570. The van der Waals surface area contributed by atoms with Crippen molar-refractivity contribution in [1.82, 2.24) is 4.98 Å². The summed E-state index contributed by atoms with van der Waals surface area (Å²) in [6.07, 6.45) is 4.22. The van der Waals surface area contributed by atoms with Crippen LogP contribution >= 0.6 is 15.9 Å². The molecule has 1 aliphatic heterocycles. The molecule has 0 fully saturated rings. The molecule has 0 saturated carbocycles. The van der Waals surface area contributed by atoms with Crippen molar-refractivity contribution in [1.29, 1.82) is 0 Å². The molecular formula is C10H13BrN2. The highest BCUT2D eigenvalue weighted by atomic mass is 79.9. The van der Waals surface area contributed by atoms with Crippen molar-refractivity contribution in [2.75, 3.05) is 5.32 Å². The maximum absolute atomic E-state index is 4.21. The number of rotatable bonds is 0. The summed E-state index contributed by atoms with van der Waals surface area (Å²) in [6, 6.07) is 2.09. The van der Waals surface area contributed by atoms with Crippen molar-refractivity contribution in [3.8, 4) is 0 Å². The van der Waals surface area contributed by atoms with Gasteiger partial charge in [0.05, 0.1) is 11.9 Å². The van der Waals surface area contributed by atoms with Gasteiger partial charge < -0.3 is 5.32 Å². The maximum Gasteiger partial charge on any atom is 0.106 e. The van der Waals surface area contributed by atoms with E-state index < -0.39 is 0 Å². The van der Waals surface area contributed by atoms with Gasteiger partial charge in [-0.2, -0.15) is 0 Å². The fourth-order valence-corrected chi connectivity index (χ4v) is 2.04. The van der Waals surface area contributed by atoms with E-state index in [9.17, 15) is 0 Å². The molecule has 0 unspecified atom stereocenters. The van der Waals surface area contributed by atoms with Crippen LogP contribution < -0.4 is 5.32 Å². The van der Waals surface area contributed by atoms with Crippen LogP contribution in [0.3, 0.4) is 0 Å². The third kappa shape index (κ3) is 1.85. The number of fused-ring (bicyclic) bond motifs is 1. The molecule has 0 saturated heterocycles. The molecule has 3 heteroatoms. The molecule has 1 aromatic heterocycles. The second-order valence-corrected chi connectivity index (χ2v) is 4.99. The van der Waals surface area contributed by atoms with Gasteiger partial charge in [-0.3, -0.25) is 0 Å². The van der Waals surface area contributed by atoms with E-state index in [1.165, 1.54) is 17.7 Å². The monoisotopic (exact) mass is 240 g/mol. The fraction of sp³-hybridized carbons (Fsp3) is 0.500. The van der Waals surface area contributed by atoms with Crippen molar-refractivity contribution in [3.63, 3.8) is 0 Å². The van der Waals surface area contributed by atoms with Gasteiger partial charge in [0.1, 0.15) is 4.60 Å². The first kappa shape index (κ1) is 9.00. The molecule has 1 N–H and O–H groups in total. The highest BCUT2D eigenvalue weighted by Crippen LogP contribution is 2.30. The average molecular weight is 241 g/mol. The number of pyridine rings is 1. The minimum atomic E-state index is 0.211. The van der Waals surface area contributed by atoms with Crippen LogP contribution in [-0.2, 0) is 6.42 Å². The van der Waals surface area contributed by atoms with E-state index >= 15 is 0 Å². The number of nitrogens with one attached hydrogen (secondary N) is 1. The summed E-state index contributed by atoms with van der Waals surface area (Å²) in [5.74, 6) is 0. The average Bonchev–Trinajstić information content (AvgIpc) is 2.05. The summed E-state index contributed by atoms with van der Waals surface area (Å²) in [5, 5.41) is 3.48. The Bertz CT molecular complexity index is 334. The van der Waals surface area contributed by atoms with Crippen molar-refractivity contribution >= 4 is 21.6 Å². The van der Waals surface area contributed by atoms with Crippen molar-refractivity contribution in [3.05, 3.63) is 22.4 Å². The third-order valence-corrected chi connectivity index (χ3v) is 2.88. The minimum absolute atomic E-state index is 0.211. The van der Waals surface area contributed by atoms with Crippen molar-refractivity contribution in [2.24, 2.45) is 0 Å². The van der Waals surface area contributed by atoms with Crippen molar-refractivity contribution in [2.45, 2.75) is 32.2 Å². The first-order valence-corrected chi connectivity index (χ1v) is 5.29. The second-order valence-electron chi connectivity index (χ2n) is 4.17. The van der Waals surface area contributed by atoms with Gasteiger partial charge in [-0.1, -0.05) is 0 Å². The van der Waals surface area contributed by atoms with Gasteiger partial charge in [0, 0.05) is 5.54 Å². The molecule has 0 bridgehead atoms. The van der Waals surface area contributed by atoms with Crippen molar-refractivity contribution < 1.29 is 0 Å². The molecule has 70 valence electrons. The predicted molar refractivity (Wildman–Crippen MR) is 58.0 cm³/mol. The summed E-state index contributed by atoms with van der Waals surface area (Å²) in [6.45, 7) is 4.44. The van der Waals surface area contributed by atoms with E-state index in [-0.39, 0.29) is 5.54 Å². The smallest absolute Gasteiger partial charge is 0.106 e. The van der Waals surface area contributed by atoms with Crippen LogP contribution in [0.15, 0.2) is 16.9 Å².